The summed E-state index contributed by atoms with van der Waals surface area (Å²) in [6.45, 7) is 8.95. The molecule has 1 amide bonds. The van der Waals surface area contributed by atoms with Gasteiger partial charge in [-0.05, 0) is 38.8 Å². The second-order valence-corrected chi connectivity index (χ2v) is 4.87. The Balaban J connectivity index is 3.03. The van der Waals surface area contributed by atoms with Crippen molar-refractivity contribution in [3.05, 3.63) is 23.4 Å². The van der Waals surface area contributed by atoms with E-state index in [4.69, 9.17) is 5.73 Å². The maximum atomic E-state index is 12.5. The molecule has 0 saturated heterocycles. The van der Waals surface area contributed by atoms with E-state index in [1.165, 1.54) is 0 Å². The molecule has 0 aromatic carbocycles. The minimum absolute atomic E-state index is 0.0447. The van der Waals surface area contributed by atoms with Crippen LogP contribution in [0.25, 0.3) is 0 Å². The van der Waals surface area contributed by atoms with Crippen LogP contribution in [0.3, 0.4) is 0 Å². The lowest BCUT2D eigenvalue weighted by Gasteiger charge is -2.27. The fourth-order valence-corrected chi connectivity index (χ4v) is 2.16. The molecule has 1 atom stereocenters. The summed E-state index contributed by atoms with van der Waals surface area (Å²) in [6, 6.07) is 3.78. The van der Waals surface area contributed by atoms with Crippen molar-refractivity contribution in [1.29, 1.82) is 0 Å². The van der Waals surface area contributed by atoms with Crippen molar-refractivity contribution in [2.75, 3.05) is 12.3 Å². The topological polar surface area (TPSA) is 59.2 Å². The third-order valence-corrected chi connectivity index (χ3v) is 3.38. The SMILES string of the molecule is CCCc1cc(C(=O)N(CC)C(C)CC)cc(N)n1. The van der Waals surface area contributed by atoms with Crippen LogP contribution in [0.2, 0.25) is 0 Å². The molecule has 2 N–H and O–H groups in total. The predicted molar refractivity (Wildman–Crippen MR) is 79.1 cm³/mol. The van der Waals surface area contributed by atoms with Gasteiger partial charge >= 0.3 is 0 Å². The number of hydrogen-bond acceptors (Lipinski definition) is 3. The number of aryl methyl sites for hydroxylation is 1. The molecule has 0 bridgehead atoms. The summed E-state index contributed by atoms with van der Waals surface area (Å²) in [4.78, 5) is 18.7. The number of carbonyl (C=O) groups excluding carboxylic acids is 1. The molecule has 1 aromatic rings. The van der Waals surface area contributed by atoms with Crippen LogP contribution in [0.15, 0.2) is 12.1 Å². The molecule has 4 heteroatoms. The molecule has 0 spiro atoms. The van der Waals surface area contributed by atoms with Crippen LogP contribution in [0, 0.1) is 0 Å². The van der Waals surface area contributed by atoms with Gasteiger partial charge in [-0.25, -0.2) is 4.98 Å². The Hall–Kier alpha value is -1.58. The van der Waals surface area contributed by atoms with E-state index in [-0.39, 0.29) is 11.9 Å². The van der Waals surface area contributed by atoms with Crippen molar-refractivity contribution in [2.45, 2.75) is 53.0 Å². The minimum atomic E-state index is 0.0447. The molecule has 1 rings (SSSR count). The highest BCUT2D eigenvalue weighted by Gasteiger charge is 2.19. The van der Waals surface area contributed by atoms with Crippen molar-refractivity contribution >= 4 is 11.7 Å². The molecule has 4 nitrogen and oxygen atoms in total. The molecule has 0 aliphatic carbocycles. The lowest BCUT2D eigenvalue weighted by molar-refractivity contribution is 0.0699. The lowest BCUT2D eigenvalue weighted by Crippen LogP contribution is -2.38. The Bertz CT molecular complexity index is 431. The average Bonchev–Trinajstić information content (AvgIpc) is 2.38. The summed E-state index contributed by atoms with van der Waals surface area (Å²) in [6.07, 6.45) is 2.79. The maximum Gasteiger partial charge on any atom is 0.254 e. The highest BCUT2D eigenvalue weighted by Crippen LogP contribution is 2.14. The maximum absolute atomic E-state index is 12.5. The molecule has 19 heavy (non-hydrogen) atoms. The van der Waals surface area contributed by atoms with Crippen molar-refractivity contribution in [3.8, 4) is 0 Å². The van der Waals surface area contributed by atoms with Gasteiger partial charge in [0.1, 0.15) is 5.82 Å². The van der Waals surface area contributed by atoms with Crippen LogP contribution in [0.5, 0.6) is 0 Å². The van der Waals surface area contributed by atoms with E-state index in [9.17, 15) is 4.79 Å². The summed E-state index contributed by atoms with van der Waals surface area (Å²) < 4.78 is 0. The molecule has 0 radical (unpaired) electrons. The van der Waals surface area contributed by atoms with Gasteiger partial charge in [-0.15, -0.1) is 0 Å². The van der Waals surface area contributed by atoms with E-state index in [1.807, 2.05) is 17.9 Å². The first-order valence-corrected chi connectivity index (χ1v) is 7.10. The first-order chi connectivity index (χ1) is 9.03. The molecular weight excluding hydrogens is 238 g/mol. The summed E-state index contributed by atoms with van der Waals surface area (Å²) in [7, 11) is 0. The molecular formula is C15H25N3O. The zero-order valence-corrected chi connectivity index (χ0v) is 12.4. The van der Waals surface area contributed by atoms with Crippen molar-refractivity contribution in [2.24, 2.45) is 0 Å². The second kappa shape index (κ2) is 7.12. The number of nitrogens with zero attached hydrogens (tertiary/aromatic N) is 2. The molecule has 106 valence electrons. The van der Waals surface area contributed by atoms with Crippen LogP contribution in [0.4, 0.5) is 5.82 Å². The molecule has 1 unspecified atom stereocenters. The number of hydrogen-bond donors (Lipinski definition) is 1. The van der Waals surface area contributed by atoms with Crippen LogP contribution >= 0.6 is 0 Å². The summed E-state index contributed by atoms with van der Waals surface area (Å²) >= 11 is 0. The molecule has 1 aromatic heterocycles. The summed E-state index contributed by atoms with van der Waals surface area (Å²) in [5.41, 5.74) is 7.34. The van der Waals surface area contributed by atoms with Gasteiger partial charge in [-0.2, -0.15) is 0 Å². The monoisotopic (exact) mass is 263 g/mol. The number of aromatic nitrogens is 1. The Kier molecular flexibility index (Phi) is 5.80. The number of nitrogen functional groups attached to an aromatic ring is 1. The average molecular weight is 263 g/mol. The molecule has 0 aliphatic heterocycles. The summed E-state index contributed by atoms with van der Waals surface area (Å²) in [5, 5.41) is 0. The van der Waals surface area contributed by atoms with Crippen molar-refractivity contribution in [3.63, 3.8) is 0 Å². The lowest BCUT2D eigenvalue weighted by atomic mass is 10.1. The largest absolute Gasteiger partial charge is 0.384 e. The Labute approximate surface area is 116 Å². The molecule has 1 heterocycles. The van der Waals surface area contributed by atoms with E-state index in [0.717, 1.165) is 25.0 Å². The van der Waals surface area contributed by atoms with Gasteiger partial charge in [-0.1, -0.05) is 20.3 Å². The molecule has 0 saturated carbocycles. The normalized spacial score (nSPS) is 12.2. The summed E-state index contributed by atoms with van der Waals surface area (Å²) in [5.74, 6) is 0.470. The third kappa shape index (κ3) is 3.94. The number of nitrogens with two attached hydrogens (primary N) is 1. The van der Waals surface area contributed by atoms with Gasteiger partial charge < -0.3 is 10.6 Å². The zero-order valence-electron chi connectivity index (χ0n) is 12.4. The van der Waals surface area contributed by atoms with Gasteiger partial charge in [-0.3, -0.25) is 4.79 Å². The van der Waals surface area contributed by atoms with Gasteiger partial charge in [0.25, 0.3) is 5.91 Å². The van der Waals surface area contributed by atoms with E-state index < -0.39 is 0 Å². The van der Waals surface area contributed by atoms with Crippen LogP contribution in [-0.4, -0.2) is 28.4 Å². The van der Waals surface area contributed by atoms with Crippen LogP contribution in [-0.2, 0) is 6.42 Å². The first-order valence-electron chi connectivity index (χ1n) is 7.10. The van der Waals surface area contributed by atoms with Crippen molar-refractivity contribution in [1.82, 2.24) is 9.88 Å². The van der Waals surface area contributed by atoms with Gasteiger partial charge in [0.05, 0.1) is 0 Å². The molecule has 0 aliphatic rings. The van der Waals surface area contributed by atoms with E-state index in [1.54, 1.807) is 6.07 Å². The number of anilines is 1. The van der Waals surface area contributed by atoms with E-state index in [0.29, 0.717) is 17.9 Å². The highest BCUT2D eigenvalue weighted by atomic mass is 16.2. The Morgan fingerprint density at radius 1 is 1.37 bits per heavy atom. The molecule has 0 fully saturated rings. The predicted octanol–water partition coefficient (Wildman–Crippen LogP) is 2.88. The Morgan fingerprint density at radius 2 is 2.05 bits per heavy atom. The first kappa shape index (κ1) is 15.5. The number of rotatable bonds is 6. The smallest absolute Gasteiger partial charge is 0.254 e. The van der Waals surface area contributed by atoms with Crippen molar-refractivity contribution < 1.29 is 4.79 Å². The van der Waals surface area contributed by atoms with Gasteiger partial charge in [0.2, 0.25) is 0 Å². The van der Waals surface area contributed by atoms with E-state index in [2.05, 4.69) is 25.8 Å². The van der Waals surface area contributed by atoms with E-state index >= 15 is 0 Å². The number of pyridine rings is 1. The fourth-order valence-electron chi connectivity index (χ4n) is 2.16. The highest BCUT2D eigenvalue weighted by molar-refractivity contribution is 5.95. The second-order valence-electron chi connectivity index (χ2n) is 4.87. The van der Waals surface area contributed by atoms with Gasteiger partial charge in [0.15, 0.2) is 0 Å². The minimum Gasteiger partial charge on any atom is -0.384 e. The number of carbonyl (C=O) groups is 1. The zero-order chi connectivity index (χ0) is 14.4. The fraction of sp³-hybridized carbons (Fsp3) is 0.600. The quantitative estimate of drug-likeness (QED) is 0.858. The Morgan fingerprint density at radius 3 is 2.58 bits per heavy atom. The van der Waals surface area contributed by atoms with Gasteiger partial charge in [0, 0.05) is 23.8 Å². The number of amides is 1. The van der Waals surface area contributed by atoms with Crippen LogP contribution < -0.4 is 5.73 Å². The van der Waals surface area contributed by atoms with Crippen LogP contribution in [0.1, 0.15) is 56.6 Å². The third-order valence-electron chi connectivity index (χ3n) is 3.38. The standard InChI is InChI=1S/C15H25N3O/c1-5-8-13-9-12(10-14(16)17-13)15(19)18(7-3)11(4)6-2/h9-11H,5-8H2,1-4H3,(H2,16,17).